The van der Waals surface area contributed by atoms with Gasteiger partial charge in [0.2, 0.25) is 0 Å². The second kappa shape index (κ2) is 4.66. The highest BCUT2D eigenvalue weighted by atomic mass is 35.5. The lowest BCUT2D eigenvalue weighted by Crippen LogP contribution is -2.42. The van der Waals surface area contributed by atoms with Crippen LogP contribution in [0.4, 0.5) is 5.82 Å². The van der Waals surface area contributed by atoms with Gasteiger partial charge in [-0.1, -0.05) is 24.9 Å². The molecule has 84 valence electrons. The maximum absolute atomic E-state index is 6.02. The zero-order valence-electron chi connectivity index (χ0n) is 9.11. The Hall–Kier alpha value is -0.350. The van der Waals surface area contributed by atoms with E-state index in [9.17, 15) is 0 Å². The Labute approximate surface area is 99.8 Å². The number of halogens is 1. The predicted molar refractivity (Wildman–Crippen MR) is 64.7 cm³/mol. The van der Waals surface area contributed by atoms with E-state index in [1.165, 1.54) is 31.0 Å². The van der Waals surface area contributed by atoms with Gasteiger partial charge in [-0.15, -0.1) is 0 Å². The van der Waals surface area contributed by atoms with Crippen LogP contribution in [-0.2, 0) is 0 Å². The molecule has 2 heterocycles. The zero-order chi connectivity index (χ0) is 10.8. The Morgan fingerprint density at radius 2 is 2.27 bits per heavy atom. The average molecular weight is 246 g/mol. The van der Waals surface area contributed by atoms with Crippen LogP contribution in [0.5, 0.6) is 0 Å². The number of nitrogens with zero attached hydrogens (tertiary/aromatic N) is 3. The average Bonchev–Trinajstić information content (AvgIpc) is 2.65. The fourth-order valence-corrected chi connectivity index (χ4v) is 2.91. The summed E-state index contributed by atoms with van der Waals surface area (Å²) in [5, 5.41) is 0.559. The summed E-state index contributed by atoms with van der Waals surface area (Å²) >= 11 is 7.22. The molecule has 0 spiro atoms. The first-order valence-corrected chi connectivity index (χ1v) is 6.58. The summed E-state index contributed by atoms with van der Waals surface area (Å²) in [4.78, 5) is 2.31. The summed E-state index contributed by atoms with van der Waals surface area (Å²) < 4.78 is 8.31. The lowest BCUT2D eigenvalue weighted by Gasteiger charge is -2.37. The van der Waals surface area contributed by atoms with Crippen LogP contribution < -0.4 is 4.90 Å². The highest BCUT2D eigenvalue weighted by molar-refractivity contribution is 6.99. The SMILES string of the molecule is CC[C@@H]1CC[C@@H](C)N(c2nsnc2Cl)C1. The van der Waals surface area contributed by atoms with Crippen LogP contribution in [0, 0.1) is 5.92 Å². The van der Waals surface area contributed by atoms with E-state index >= 15 is 0 Å². The van der Waals surface area contributed by atoms with Gasteiger partial charge >= 0.3 is 0 Å². The second-order valence-electron chi connectivity index (χ2n) is 4.23. The number of aromatic nitrogens is 2. The van der Waals surface area contributed by atoms with Crippen LogP contribution in [0.2, 0.25) is 5.15 Å². The molecule has 0 aromatic carbocycles. The molecule has 0 N–H and O–H groups in total. The van der Waals surface area contributed by atoms with E-state index < -0.39 is 0 Å². The van der Waals surface area contributed by atoms with Crippen LogP contribution in [0.1, 0.15) is 33.1 Å². The third-order valence-electron chi connectivity index (χ3n) is 3.26. The van der Waals surface area contributed by atoms with Crippen molar-refractivity contribution >= 4 is 29.1 Å². The molecule has 0 saturated carbocycles. The number of anilines is 1. The first-order chi connectivity index (χ1) is 7.22. The van der Waals surface area contributed by atoms with Crippen molar-refractivity contribution in [2.75, 3.05) is 11.4 Å². The van der Waals surface area contributed by atoms with Crippen LogP contribution in [-0.4, -0.2) is 21.3 Å². The minimum absolute atomic E-state index is 0.536. The molecule has 1 aliphatic rings. The van der Waals surface area contributed by atoms with Crippen molar-refractivity contribution in [3.63, 3.8) is 0 Å². The third-order valence-corrected chi connectivity index (χ3v) is 4.13. The molecular weight excluding hydrogens is 230 g/mol. The molecule has 1 aromatic rings. The fraction of sp³-hybridized carbons (Fsp3) is 0.800. The number of hydrogen-bond acceptors (Lipinski definition) is 4. The maximum Gasteiger partial charge on any atom is 0.187 e. The molecule has 0 aliphatic carbocycles. The summed E-state index contributed by atoms with van der Waals surface area (Å²) in [6, 6.07) is 0.536. The van der Waals surface area contributed by atoms with Crippen molar-refractivity contribution in [3.8, 4) is 0 Å². The largest absolute Gasteiger partial charge is 0.350 e. The number of piperidine rings is 1. The minimum atomic E-state index is 0.536. The molecule has 3 nitrogen and oxygen atoms in total. The van der Waals surface area contributed by atoms with Gasteiger partial charge in [-0.25, -0.2) is 0 Å². The Kier molecular flexibility index (Phi) is 3.46. The van der Waals surface area contributed by atoms with Crippen molar-refractivity contribution in [2.45, 2.75) is 39.2 Å². The van der Waals surface area contributed by atoms with E-state index in [0.717, 1.165) is 18.3 Å². The van der Waals surface area contributed by atoms with Crippen LogP contribution in [0.3, 0.4) is 0 Å². The van der Waals surface area contributed by atoms with E-state index in [-0.39, 0.29) is 0 Å². The Morgan fingerprint density at radius 3 is 2.87 bits per heavy atom. The van der Waals surface area contributed by atoms with Gasteiger partial charge in [0.05, 0.1) is 11.7 Å². The smallest absolute Gasteiger partial charge is 0.187 e. The third kappa shape index (κ3) is 2.26. The molecular formula is C10H16ClN3S. The molecule has 1 fully saturated rings. The van der Waals surface area contributed by atoms with Gasteiger partial charge < -0.3 is 4.90 Å². The second-order valence-corrected chi connectivity index (χ2v) is 5.12. The van der Waals surface area contributed by atoms with Crippen molar-refractivity contribution in [2.24, 2.45) is 5.92 Å². The molecule has 2 rings (SSSR count). The Balaban J connectivity index is 2.16. The van der Waals surface area contributed by atoms with E-state index in [1.807, 2.05) is 0 Å². The van der Waals surface area contributed by atoms with E-state index in [2.05, 4.69) is 27.5 Å². The lowest BCUT2D eigenvalue weighted by atomic mass is 9.92. The Bertz CT molecular complexity index is 328. The molecule has 1 aromatic heterocycles. The summed E-state index contributed by atoms with van der Waals surface area (Å²) in [7, 11) is 0. The minimum Gasteiger partial charge on any atom is -0.350 e. The van der Waals surface area contributed by atoms with Crippen LogP contribution >= 0.6 is 23.3 Å². The fourth-order valence-electron chi connectivity index (χ4n) is 2.15. The summed E-state index contributed by atoms with van der Waals surface area (Å²) in [5.74, 6) is 1.66. The summed E-state index contributed by atoms with van der Waals surface area (Å²) in [6.45, 7) is 5.56. The van der Waals surface area contributed by atoms with E-state index in [4.69, 9.17) is 11.6 Å². The maximum atomic E-state index is 6.02. The van der Waals surface area contributed by atoms with Gasteiger partial charge in [-0.05, 0) is 25.7 Å². The predicted octanol–water partition coefficient (Wildman–Crippen LogP) is 3.21. The molecule has 1 saturated heterocycles. The van der Waals surface area contributed by atoms with Crippen molar-refractivity contribution in [1.29, 1.82) is 0 Å². The zero-order valence-corrected chi connectivity index (χ0v) is 10.7. The van der Waals surface area contributed by atoms with Crippen molar-refractivity contribution in [3.05, 3.63) is 5.15 Å². The quantitative estimate of drug-likeness (QED) is 0.801. The highest BCUT2D eigenvalue weighted by Crippen LogP contribution is 2.31. The first kappa shape index (κ1) is 11.1. The molecule has 5 heteroatoms. The van der Waals surface area contributed by atoms with Gasteiger partial charge in [-0.2, -0.15) is 8.75 Å². The van der Waals surface area contributed by atoms with Crippen molar-refractivity contribution in [1.82, 2.24) is 8.75 Å². The standard InChI is InChI=1S/C10H16ClN3S/c1-3-8-5-4-7(2)14(6-8)10-9(11)12-15-13-10/h7-8H,3-6H2,1-2H3/t7-,8-/m1/s1. The topological polar surface area (TPSA) is 29.0 Å². The lowest BCUT2D eigenvalue weighted by molar-refractivity contribution is 0.358. The summed E-state index contributed by atoms with van der Waals surface area (Å²) in [5.41, 5.74) is 0. The normalized spacial score (nSPS) is 27.0. The summed E-state index contributed by atoms with van der Waals surface area (Å²) in [6.07, 6.45) is 3.79. The van der Waals surface area contributed by atoms with Crippen molar-refractivity contribution < 1.29 is 0 Å². The molecule has 0 amide bonds. The molecule has 1 aliphatic heterocycles. The van der Waals surface area contributed by atoms with Gasteiger partial charge in [0.15, 0.2) is 11.0 Å². The monoisotopic (exact) mass is 245 g/mol. The number of hydrogen-bond donors (Lipinski definition) is 0. The van der Waals surface area contributed by atoms with Crippen LogP contribution in [0.25, 0.3) is 0 Å². The van der Waals surface area contributed by atoms with Gasteiger partial charge in [-0.3, -0.25) is 0 Å². The van der Waals surface area contributed by atoms with Gasteiger partial charge in [0.1, 0.15) is 0 Å². The highest BCUT2D eigenvalue weighted by Gasteiger charge is 2.27. The van der Waals surface area contributed by atoms with Crippen LogP contribution in [0.15, 0.2) is 0 Å². The van der Waals surface area contributed by atoms with Gasteiger partial charge in [0.25, 0.3) is 0 Å². The molecule has 15 heavy (non-hydrogen) atoms. The van der Waals surface area contributed by atoms with E-state index in [1.54, 1.807) is 0 Å². The van der Waals surface area contributed by atoms with E-state index in [0.29, 0.717) is 11.2 Å². The molecule has 0 bridgehead atoms. The molecule has 2 atom stereocenters. The first-order valence-electron chi connectivity index (χ1n) is 5.47. The molecule has 0 unspecified atom stereocenters. The molecule has 0 radical (unpaired) electrons. The Morgan fingerprint density at radius 1 is 1.47 bits per heavy atom. The van der Waals surface area contributed by atoms with Gasteiger partial charge in [0, 0.05) is 12.6 Å². The number of rotatable bonds is 2.